The van der Waals surface area contributed by atoms with Crippen LogP contribution in [-0.4, -0.2) is 33.7 Å². The number of benzene rings is 1. The Kier molecular flexibility index (Phi) is 2.95. The van der Waals surface area contributed by atoms with E-state index >= 15 is 0 Å². The number of fused-ring (bicyclic) bond motifs is 1. The van der Waals surface area contributed by atoms with E-state index in [0.29, 0.717) is 12.2 Å². The van der Waals surface area contributed by atoms with Crippen LogP contribution in [0.1, 0.15) is 15.9 Å². The minimum atomic E-state index is 0.0701. The molecule has 1 aliphatic rings. The molecule has 5 nitrogen and oxygen atoms in total. The number of carbonyl (C=O) groups excluding carboxylic acids is 1. The highest BCUT2D eigenvalue weighted by molar-refractivity contribution is 5.97. The zero-order valence-corrected chi connectivity index (χ0v) is 10.6. The Labute approximate surface area is 111 Å². The molecule has 3 rings (SSSR count). The second-order valence-electron chi connectivity index (χ2n) is 4.73. The van der Waals surface area contributed by atoms with Gasteiger partial charge in [0.1, 0.15) is 0 Å². The van der Waals surface area contributed by atoms with Crippen LogP contribution in [0.25, 0.3) is 0 Å². The van der Waals surface area contributed by atoms with Gasteiger partial charge in [-0.05, 0) is 30.2 Å². The summed E-state index contributed by atoms with van der Waals surface area (Å²) >= 11 is 0. The molecule has 2 heterocycles. The molecule has 1 aliphatic heterocycles. The summed E-state index contributed by atoms with van der Waals surface area (Å²) in [5.74, 6) is 0.0701. The van der Waals surface area contributed by atoms with Crippen LogP contribution in [0.2, 0.25) is 0 Å². The summed E-state index contributed by atoms with van der Waals surface area (Å²) in [5, 5.41) is 4.14. The van der Waals surface area contributed by atoms with Crippen molar-refractivity contribution in [2.45, 2.75) is 13.0 Å². The zero-order chi connectivity index (χ0) is 13.2. The van der Waals surface area contributed by atoms with Gasteiger partial charge in [0.25, 0.3) is 5.91 Å². The van der Waals surface area contributed by atoms with Crippen LogP contribution in [-0.2, 0) is 13.0 Å². The molecular weight excluding hydrogens is 240 g/mol. The van der Waals surface area contributed by atoms with Crippen molar-refractivity contribution in [1.29, 1.82) is 0 Å². The van der Waals surface area contributed by atoms with Crippen molar-refractivity contribution in [1.82, 2.24) is 14.7 Å². The average Bonchev–Trinajstić information content (AvgIpc) is 2.92. The second kappa shape index (κ2) is 4.76. The molecule has 0 saturated heterocycles. The van der Waals surface area contributed by atoms with E-state index in [0.717, 1.165) is 30.6 Å². The van der Waals surface area contributed by atoms with Crippen LogP contribution in [0, 0.1) is 0 Å². The molecule has 2 aromatic rings. The van der Waals surface area contributed by atoms with Crippen LogP contribution >= 0.6 is 0 Å². The van der Waals surface area contributed by atoms with E-state index in [2.05, 4.69) is 5.10 Å². The van der Waals surface area contributed by atoms with Crippen LogP contribution < -0.4 is 5.73 Å². The first kappa shape index (κ1) is 11.8. The monoisotopic (exact) mass is 256 g/mol. The van der Waals surface area contributed by atoms with E-state index in [1.54, 1.807) is 12.3 Å². The molecule has 5 heteroatoms. The Bertz CT molecular complexity index is 591. The number of hydrogen-bond donors (Lipinski definition) is 1. The van der Waals surface area contributed by atoms with E-state index in [1.165, 1.54) is 0 Å². The van der Waals surface area contributed by atoms with Crippen LogP contribution in [0.4, 0.5) is 5.69 Å². The highest BCUT2D eigenvalue weighted by Gasteiger charge is 2.23. The fourth-order valence-electron chi connectivity index (χ4n) is 2.41. The maximum atomic E-state index is 12.4. The maximum absolute atomic E-state index is 12.4. The molecule has 19 heavy (non-hydrogen) atoms. The van der Waals surface area contributed by atoms with Gasteiger partial charge in [0, 0.05) is 36.7 Å². The Hall–Kier alpha value is -2.30. The number of nitrogens with two attached hydrogens (primary N) is 1. The Morgan fingerprint density at radius 3 is 3.00 bits per heavy atom. The van der Waals surface area contributed by atoms with Crippen molar-refractivity contribution in [2.75, 3.05) is 18.8 Å². The first-order valence-electron chi connectivity index (χ1n) is 6.39. The fraction of sp³-hybridized carbons (Fsp3) is 0.286. The third-order valence-corrected chi connectivity index (χ3v) is 3.46. The van der Waals surface area contributed by atoms with Gasteiger partial charge < -0.3 is 10.6 Å². The van der Waals surface area contributed by atoms with Crippen molar-refractivity contribution in [3.05, 3.63) is 47.8 Å². The summed E-state index contributed by atoms with van der Waals surface area (Å²) in [5.41, 5.74) is 8.23. The van der Waals surface area contributed by atoms with E-state index in [-0.39, 0.29) is 5.91 Å². The highest BCUT2D eigenvalue weighted by Crippen LogP contribution is 2.21. The predicted octanol–water partition coefficient (Wildman–Crippen LogP) is 1.16. The quantitative estimate of drug-likeness (QED) is 0.838. The largest absolute Gasteiger partial charge is 0.399 e. The van der Waals surface area contributed by atoms with Gasteiger partial charge in [0.2, 0.25) is 0 Å². The third kappa shape index (κ3) is 2.31. The standard InChI is InChI=1S/C14H16N4O/c15-12-3-2-11-4-7-17(14(19)13(11)10-12)8-9-18-6-1-5-16-18/h1-3,5-6,10H,4,7-9,15H2. The van der Waals surface area contributed by atoms with Crippen LogP contribution in [0.5, 0.6) is 0 Å². The Balaban J connectivity index is 1.74. The molecule has 1 amide bonds. The molecule has 0 saturated carbocycles. The molecule has 0 bridgehead atoms. The van der Waals surface area contributed by atoms with Gasteiger partial charge in [0.05, 0.1) is 6.54 Å². The van der Waals surface area contributed by atoms with Gasteiger partial charge in [-0.25, -0.2) is 0 Å². The fourth-order valence-corrected chi connectivity index (χ4v) is 2.41. The number of carbonyl (C=O) groups is 1. The first-order chi connectivity index (χ1) is 9.24. The van der Waals surface area contributed by atoms with Crippen molar-refractivity contribution in [3.8, 4) is 0 Å². The maximum Gasteiger partial charge on any atom is 0.254 e. The molecule has 0 atom stereocenters. The predicted molar refractivity (Wildman–Crippen MR) is 72.7 cm³/mol. The lowest BCUT2D eigenvalue weighted by Crippen LogP contribution is -2.39. The topological polar surface area (TPSA) is 64.2 Å². The van der Waals surface area contributed by atoms with Gasteiger partial charge in [-0.15, -0.1) is 0 Å². The van der Waals surface area contributed by atoms with E-state index in [4.69, 9.17) is 5.73 Å². The molecule has 2 N–H and O–H groups in total. The number of amides is 1. The molecule has 0 fully saturated rings. The Morgan fingerprint density at radius 2 is 2.21 bits per heavy atom. The summed E-state index contributed by atoms with van der Waals surface area (Å²) in [6.07, 6.45) is 4.54. The number of nitrogens with zero attached hydrogens (tertiary/aromatic N) is 3. The number of hydrogen-bond acceptors (Lipinski definition) is 3. The average molecular weight is 256 g/mol. The minimum absolute atomic E-state index is 0.0701. The van der Waals surface area contributed by atoms with Crippen LogP contribution in [0.15, 0.2) is 36.7 Å². The van der Waals surface area contributed by atoms with E-state index in [9.17, 15) is 4.79 Å². The first-order valence-corrected chi connectivity index (χ1v) is 6.39. The SMILES string of the molecule is Nc1ccc2c(c1)C(=O)N(CCn1cccn1)CC2. The van der Waals surface area contributed by atoms with Gasteiger partial charge in [-0.2, -0.15) is 5.10 Å². The summed E-state index contributed by atoms with van der Waals surface area (Å²) in [4.78, 5) is 14.2. The lowest BCUT2D eigenvalue weighted by molar-refractivity contribution is 0.0732. The molecule has 0 spiro atoms. The van der Waals surface area contributed by atoms with Gasteiger partial charge in [-0.1, -0.05) is 6.07 Å². The molecule has 0 radical (unpaired) electrons. The molecule has 1 aromatic heterocycles. The zero-order valence-electron chi connectivity index (χ0n) is 10.6. The Morgan fingerprint density at radius 1 is 1.32 bits per heavy atom. The molecule has 98 valence electrons. The lowest BCUT2D eigenvalue weighted by atomic mass is 9.98. The number of nitrogen functional groups attached to an aromatic ring is 1. The minimum Gasteiger partial charge on any atom is -0.399 e. The van der Waals surface area contributed by atoms with Crippen molar-refractivity contribution < 1.29 is 4.79 Å². The third-order valence-electron chi connectivity index (χ3n) is 3.46. The van der Waals surface area contributed by atoms with Gasteiger partial charge in [-0.3, -0.25) is 9.48 Å². The number of rotatable bonds is 3. The normalized spacial score (nSPS) is 14.5. The number of aromatic nitrogens is 2. The van der Waals surface area contributed by atoms with Gasteiger partial charge >= 0.3 is 0 Å². The molecule has 1 aromatic carbocycles. The highest BCUT2D eigenvalue weighted by atomic mass is 16.2. The van der Waals surface area contributed by atoms with Crippen molar-refractivity contribution in [2.24, 2.45) is 0 Å². The summed E-state index contributed by atoms with van der Waals surface area (Å²) in [6.45, 7) is 2.15. The molecular formula is C14H16N4O. The van der Waals surface area contributed by atoms with E-state index in [1.807, 2.05) is 34.0 Å². The van der Waals surface area contributed by atoms with E-state index < -0.39 is 0 Å². The summed E-state index contributed by atoms with van der Waals surface area (Å²) in [6, 6.07) is 7.46. The van der Waals surface area contributed by atoms with Gasteiger partial charge in [0.15, 0.2) is 0 Å². The van der Waals surface area contributed by atoms with Crippen molar-refractivity contribution in [3.63, 3.8) is 0 Å². The smallest absolute Gasteiger partial charge is 0.254 e. The van der Waals surface area contributed by atoms with Crippen molar-refractivity contribution >= 4 is 11.6 Å². The summed E-state index contributed by atoms with van der Waals surface area (Å²) in [7, 11) is 0. The second-order valence-corrected chi connectivity index (χ2v) is 4.73. The molecule has 0 unspecified atom stereocenters. The molecule has 0 aliphatic carbocycles. The van der Waals surface area contributed by atoms with Crippen LogP contribution in [0.3, 0.4) is 0 Å². The number of anilines is 1. The summed E-state index contributed by atoms with van der Waals surface area (Å²) < 4.78 is 1.84. The lowest BCUT2D eigenvalue weighted by Gasteiger charge is -2.28.